The number of aliphatic hydroxyl groups excluding tert-OH is 1. The van der Waals surface area contributed by atoms with E-state index in [1.165, 1.54) is 25.1 Å². The summed E-state index contributed by atoms with van der Waals surface area (Å²) in [4.78, 5) is 2.27. The first-order valence-electron chi connectivity index (χ1n) is 9.00. The van der Waals surface area contributed by atoms with E-state index in [2.05, 4.69) is 11.9 Å². The molecule has 0 aromatic heterocycles. The lowest BCUT2D eigenvalue weighted by Gasteiger charge is -2.24. The van der Waals surface area contributed by atoms with Crippen molar-refractivity contribution in [3.8, 4) is 11.5 Å². The number of para-hydroxylation sites is 2. The van der Waals surface area contributed by atoms with E-state index in [1.54, 1.807) is 0 Å². The van der Waals surface area contributed by atoms with Gasteiger partial charge in [-0.15, -0.1) is 0 Å². The maximum absolute atomic E-state index is 9.37. The summed E-state index contributed by atoms with van der Waals surface area (Å²) in [5, 5.41) is 9.37. The van der Waals surface area contributed by atoms with Crippen molar-refractivity contribution in [1.82, 2.24) is 4.90 Å². The molecule has 2 aliphatic rings. The molecule has 4 nitrogen and oxygen atoms in total. The van der Waals surface area contributed by atoms with E-state index in [0.717, 1.165) is 23.8 Å². The highest BCUT2D eigenvalue weighted by molar-refractivity contribution is 5.39. The number of benzene rings is 1. The first kappa shape index (κ1) is 18.7. The fraction of sp³-hybridized carbons (Fsp3) is 0.600. The van der Waals surface area contributed by atoms with Crippen LogP contribution in [-0.4, -0.2) is 42.4 Å². The number of fused-ring (bicyclic) bond motifs is 1. The van der Waals surface area contributed by atoms with Crippen LogP contribution in [0.4, 0.5) is 0 Å². The minimum atomic E-state index is -0.179. The van der Waals surface area contributed by atoms with Crippen LogP contribution in [0.5, 0.6) is 11.5 Å². The van der Waals surface area contributed by atoms with Gasteiger partial charge in [0.25, 0.3) is 0 Å². The quantitative estimate of drug-likeness (QED) is 0.909. The zero-order chi connectivity index (χ0) is 17.5. The Morgan fingerprint density at radius 3 is 2.54 bits per heavy atom. The molecule has 1 saturated heterocycles. The molecule has 1 aromatic carbocycles. The van der Waals surface area contributed by atoms with E-state index in [4.69, 9.17) is 9.47 Å². The second kappa shape index (κ2) is 8.97. The van der Waals surface area contributed by atoms with Crippen molar-refractivity contribution in [2.45, 2.75) is 52.2 Å². The van der Waals surface area contributed by atoms with Gasteiger partial charge in [-0.25, -0.2) is 0 Å². The van der Waals surface area contributed by atoms with E-state index in [9.17, 15) is 5.11 Å². The SMILES string of the molecule is CCOc1ccccc1OC(C)C.CN1CCC2CCC(O)C=C21. The first-order chi connectivity index (χ1) is 11.5. The van der Waals surface area contributed by atoms with Crippen LogP contribution in [0, 0.1) is 5.92 Å². The summed E-state index contributed by atoms with van der Waals surface area (Å²) in [6.07, 6.45) is 5.46. The molecule has 0 amide bonds. The minimum absolute atomic E-state index is 0.179. The molecule has 24 heavy (non-hydrogen) atoms. The Balaban J connectivity index is 0.000000175. The molecule has 1 N–H and O–H groups in total. The molecule has 2 unspecified atom stereocenters. The predicted molar refractivity (Wildman–Crippen MR) is 97.4 cm³/mol. The van der Waals surface area contributed by atoms with Crippen molar-refractivity contribution < 1.29 is 14.6 Å². The fourth-order valence-corrected chi connectivity index (χ4v) is 3.22. The molecule has 1 aromatic rings. The molecule has 1 heterocycles. The summed E-state index contributed by atoms with van der Waals surface area (Å²) in [6.45, 7) is 7.80. The van der Waals surface area contributed by atoms with E-state index >= 15 is 0 Å². The standard InChI is InChI=1S/C11H16O2.C9H15NO/c1-4-12-10-7-5-6-8-11(10)13-9(2)3;1-10-5-4-7-2-3-8(11)6-9(7)10/h5-9H,4H2,1-3H3;6-8,11H,2-5H2,1H3. The van der Waals surface area contributed by atoms with Crippen molar-refractivity contribution in [1.29, 1.82) is 0 Å². The molecule has 4 heteroatoms. The lowest BCUT2D eigenvalue weighted by molar-refractivity contribution is 0.189. The van der Waals surface area contributed by atoms with E-state index in [-0.39, 0.29) is 12.2 Å². The van der Waals surface area contributed by atoms with Crippen LogP contribution in [0.15, 0.2) is 36.0 Å². The van der Waals surface area contributed by atoms with Gasteiger partial charge in [0.05, 0.1) is 18.8 Å². The smallest absolute Gasteiger partial charge is 0.161 e. The summed E-state index contributed by atoms with van der Waals surface area (Å²) in [7, 11) is 2.11. The van der Waals surface area contributed by atoms with Gasteiger partial charge in [0.2, 0.25) is 0 Å². The highest BCUT2D eigenvalue weighted by Gasteiger charge is 2.29. The van der Waals surface area contributed by atoms with Crippen LogP contribution in [0.1, 0.15) is 40.0 Å². The van der Waals surface area contributed by atoms with Crippen molar-refractivity contribution in [3.05, 3.63) is 36.0 Å². The average Bonchev–Trinajstić information content (AvgIpc) is 2.91. The van der Waals surface area contributed by atoms with E-state index in [1.807, 2.05) is 51.1 Å². The van der Waals surface area contributed by atoms with E-state index in [0.29, 0.717) is 6.61 Å². The van der Waals surface area contributed by atoms with Crippen molar-refractivity contribution in [2.24, 2.45) is 5.92 Å². The molecule has 3 rings (SSSR count). The third kappa shape index (κ3) is 5.17. The molecule has 134 valence electrons. The van der Waals surface area contributed by atoms with Crippen molar-refractivity contribution >= 4 is 0 Å². The Hall–Kier alpha value is -1.68. The number of ether oxygens (including phenoxy) is 2. The zero-order valence-corrected chi connectivity index (χ0v) is 15.4. The lowest BCUT2D eigenvalue weighted by Crippen LogP contribution is -2.20. The molecule has 0 spiro atoms. The highest BCUT2D eigenvalue weighted by atomic mass is 16.5. The van der Waals surface area contributed by atoms with Crippen LogP contribution in [0.2, 0.25) is 0 Å². The van der Waals surface area contributed by atoms with E-state index < -0.39 is 0 Å². The predicted octanol–water partition coefficient (Wildman–Crippen LogP) is 3.85. The Kier molecular flexibility index (Phi) is 6.98. The molecular formula is C20H31NO3. The van der Waals surface area contributed by atoms with Gasteiger partial charge in [0, 0.05) is 25.2 Å². The largest absolute Gasteiger partial charge is 0.490 e. The fourth-order valence-electron chi connectivity index (χ4n) is 3.22. The van der Waals surface area contributed by atoms with Gasteiger partial charge in [-0.2, -0.15) is 0 Å². The lowest BCUT2D eigenvalue weighted by atomic mass is 9.91. The number of hydrogen-bond acceptors (Lipinski definition) is 4. The maximum Gasteiger partial charge on any atom is 0.161 e. The highest BCUT2D eigenvalue weighted by Crippen LogP contribution is 2.34. The average molecular weight is 333 g/mol. The number of hydrogen-bond donors (Lipinski definition) is 1. The van der Waals surface area contributed by atoms with Gasteiger partial charge in [0.1, 0.15) is 0 Å². The third-order valence-corrected chi connectivity index (χ3v) is 4.36. The Morgan fingerprint density at radius 2 is 1.88 bits per heavy atom. The third-order valence-electron chi connectivity index (χ3n) is 4.36. The van der Waals surface area contributed by atoms with Crippen LogP contribution in [0.3, 0.4) is 0 Å². The van der Waals surface area contributed by atoms with Gasteiger partial charge in [-0.05, 0) is 58.2 Å². The van der Waals surface area contributed by atoms with Gasteiger partial charge >= 0.3 is 0 Å². The van der Waals surface area contributed by atoms with Gasteiger partial charge in [-0.1, -0.05) is 12.1 Å². The van der Waals surface area contributed by atoms with Gasteiger partial charge in [0.15, 0.2) is 11.5 Å². The summed E-state index contributed by atoms with van der Waals surface area (Å²) in [6, 6.07) is 7.73. The number of likely N-dealkylation sites (tertiary alicyclic amines) is 1. The number of aliphatic hydroxyl groups is 1. The molecule has 0 saturated carbocycles. The van der Waals surface area contributed by atoms with Crippen molar-refractivity contribution in [3.63, 3.8) is 0 Å². The summed E-state index contributed by atoms with van der Waals surface area (Å²) < 4.78 is 11.0. The summed E-state index contributed by atoms with van der Waals surface area (Å²) >= 11 is 0. The van der Waals surface area contributed by atoms with Crippen LogP contribution < -0.4 is 9.47 Å². The Labute approximate surface area is 146 Å². The molecule has 1 aliphatic heterocycles. The zero-order valence-electron chi connectivity index (χ0n) is 15.4. The number of allylic oxidation sites excluding steroid dienone is 1. The molecule has 1 aliphatic carbocycles. The monoisotopic (exact) mass is 333 g/mol. The van der Waals surface area contributed by atoms with Crippen LogP contribution in [-0.2, 0) is 0 Å². The molecule has 2 atom stereocenters. The summed E-state index contributed by atoms with van der Waals surface area (Å²) in [5.41, 5.74) is 1.38. The maximum atomic E-state index is 9.37. The second-order valence-corrected chi connectivity index (χ2v) is 6.69. The normalized spacial score (nSPS) is 22.4. The Bertz CT molecular complexity index is 541. The Morgan fingerprint density at radius 1 is 1.17 bits per heavy atom. The molecule has 1 fully saturated rings. The van der Waals surface area contributed by atoms with Crippen LogP contribution in [0.25, 0.3) is 0 Å². The molecule has 0 bridgehead atoms. The van der Waals surface area contributed by atoms with Crippen LogP contribution >= 0.6 is 0 Å². The van der Waals surface area contributed by atoms with Gasteiger partial charge in [-0.3, -0.25) is 0 Å². The summed E-state index contributed by atoms with van der Waals surface area (Å²) in [5.74, 6) is 2.39. The van der Waals surface area contributed by atoms with Crippen molar-refractivity contribution in [2.75, 3.05) is 20.2 Å². The topological polar surface area (TPSA) is 41.9 Å². The van der Waals surface area contributed by atoms with Gasteiger partial charge < -0.3 is 19.5 Å². The first-order valence-corrected chi connectivity index (χ1v) is 9.00. The number of rotatable bonds is 4. The minimum Gasteiger partial charge on any atom is -0.490 e. The second-order valence-electron chi connectivity index (χ2n) is 6.69. The molecular weight excluding hydrogens is 302 g/mol. The number of nitrogens with zero attached hydrogens (tertiary/aromatic N) is 1. The molecule has 0 radical (unpaired) electrons.